The Morgan fingerprint density at radius 1 is 1.56 bits per heavy atom. The van der Waals surface area contributed by atoms with Crippen molar-refractivity contribution in [3.05, 3.63) is 22.8 Å². The van der Waals surface area contributed by atoms with Gasteiger partial charge >= 0.3 is 0 Å². The van der Waals surface area contributed by atoms with E-state index in [1.807, 2.05) is 18.3 Å². The second-order valence-electron chi connectivity index (χ2n) is 4.70. The monoisotopic (exact) mass is 332 g/mol. The summed E-state index contributed by atoms with van der Waals surface area (Å²) in [7, 11) is 0. The Labute approximate surface area is 122 Å². The number of aromatic nitrogens is 1. The fourth-order valence-electron chi connectivity index (χ4n) is 1.93. The molecule has 1 aromatic rings. The zero-order valence-electron chi connectivity index (χ0n) is 11.1. The van der Waals surface area contributed by atoms with Crippen LogP contribution in [-0.4, -0.2) is 34.0 Å². The Hall–Kier alpha value is -0.100. The predicted molar refractivity (Wildman–Crippen MR) is 81.0 cm³/mol. The molecule has 5 heteroatoms. The number of pyridine rings is 1. The van der Waals surface area contributed by atoms with E-state index in [1.165, 1.54) is 0 Å². The van der Waals surface area contributed by atoms with E-state index in [4.69, 9.17) is 0 Å². The van der Waals surface area contributed by atoms with Crippen molar-refractivity contribution in [1.82, 2.24) is 10.3 Å². The summed E-state index contributed by atoms with van der Waals surface area (Å²) in [5.41, 5.74) is -0.212. The highest BCUT2D eigenvalue weighted by Gasteiger charge is 2.25. The number of nitrogens with one attached hydrogen (secondary N) is 1. The molecule has 0 amide bonds. The lowest BCUT2D eigenvalue weighted by Crippen LogP contribution is -2.47. The van der Waals surface area contributed by atoms with E-state index in [2.05, 4.69) is 47.0 Å². The van der Waals surface area contributed by atoms with Crippen LogP contribution in [0.1, 0.15) is 27.2 Å². The Morgan fingerprint density at radius 2 is 2.28 bits per heavy atom. The molecule has 0 spiro atoms. The molecule has 2 N–H and O–H groups in total. The number of likely N-dealkylation sites (N-methyl/N-ethyl adjacent to an activating group) is 1. The van der Waals surface area contributed by atoms with Crippen molar-refractivity contribution in [3.8, 4) is 0 Å². The van der Waals surface area contributed by atoms with E-state index in [0.29, 0.717) is 5.25 Å². The van der Waals surface area contributed by atoms with Crippen molar-refractivity contribution in [2.75, 3.05) is 13.2 Å². The summed E-state index contributed by atoms with van der Waals surface area (Å²) < 4.78 is 0.993. The van der Waals surface area contributed by atoms with Gasteiger partial charge in [-0.3, -0.25) is 0 Å². The van der Waals surface area contributed by atoms with Gasteiger partial charge in [-0.2, -0.15) is 0 Å². The molecular weight excluding hydrogens is 312 g/mol. The summed E-state index contributed by atoms with van der Waals surface area (Å²) in [4.78, 5) is 4.35. The normalized spacial score (nSPS) is 16.3. The maximum absolute atomic E-state index is 9.47. The molecule has 0 radical (unpaired) electrons. The molecule has 18 heavy (non-hydrogen) atoms. The standard InChI is InChI=1S/C13H21BrN2OS/c1-4-16-13(3,9-17)7-10(2)18-12-6-5-11(14)8-15-12/h5-6,8,10,16-17H,4,7,9H2,1-3H3. The molecule has 2 unspecified atom stereocenters. The molecule has 1 rings (SSSR count). The average molecular weight is 333 g/mol. The SMILES string of the molecule is CCNC(C)(CO)CC(C)Sc1ccc(Br)cn1. The van der Waals surface area contributed by atoms with Crippen LogP contribution in [0.5, 0.6) is 0 Å². The summed E-state index contributed by atoms with van der Waals surface area (Å²) in [5, 5.41) is 14.2. The van der Waals surface area contributed by atoms with E-state index < -0.39 is 0 Å². The lowest BCUT2D eigenvalue weighted by molar-refractivity contribution is 0.168. The highest BCUT2D eigenvalue weighted by Crippen LogP contribution is 2.27. The van der Waals surface area contributed by atoms with Gasteiger partial charge in [-0.15, -0.1) is 11.8 Å². The Bertz CT molecular complexity index is 361. The van der Waals surface area contributed by atoms with E-state index in [9.17, 15) is 5.11 Å². The fraction of sp³-hybridized carbons (Fsp3) is 0.615. The van der Waals surface area contributed by atoms with Crippen LogP contribution in [0.2, 0.25) is 0 Å². The summed E-state index contributed by atoms with van der Waals surface area (Å²) in [5.74, 6) is 0. The summed E-state index contributed by atoms with van der Waals surface area (Å²) in [6.45, 7) is 7.30. The van der Waals surface area contributed by atoms with Crippen LogP contribution in [0.25, 0.3) is 0 Å². The number of rotatable bonds is 7. The van der Waals surface area contributed by atoms with Gasteiger partial charge in [0.1, 0.15) is 0 Å². The first-order valence-corrected chi connectivity index (χ1v) is 7.80. The van der Waals surface area contributed by atoms with Gasteiger partial charge in [0.25, 0.3) is 0 Å². The second-order valence-corrected chi connectivity index (χ2v) is 7.07. The number of aliphatic hydroxyl groups is 1. The number of thioether (sulfide) groups is 1. The van der Waals surface area contributed by atoms with Gasteiger partial charge in [0.2, 0.25) is 0 Å². The van der Waals surface area contributed by atoms with Crippen molar-refractivity contribution < 1.29 is 5.11 Å². The van der Waals surface area contributed by atoms with Crippen LogP contribution >= 0.6 is 27.7 Å². The maximum Gasteiger partial charge on any atom is 0.0963 e. The Kier molecular flexibility index (Phi) is 6.63. The quantitative estimate of drug-likeness (QED) is 0.753. The zero-order chi connectivity index (χ0) is 13.6. The van der Waals surface area contributed by atoms with Crippen molar-refractivity contribution >= 4 is 27.7 Å². The van der Waals surface area contributed by atoms with Crippen molar-refractivity contribution in [2.24, 2.45) is 0 Å². The van der Waals surface area contributed by atoms with E-state index in [0.717, 1.165) is 22.5 Å². The molecule has 102 valence electrons. The first-order chi connectivity index (χ1) is 8.49. The van der Waals surface area contributed by atoms with E-state index in [-0.39, 0.29) is 12.1 Å². The van der Waals surface area contributed by atoms with Crippen LogP contribution in [0.3, 0.4) is 0 Å². The predicted octanol–water partition coefficient (Wildman–Crippen LogP) is 3.08. The van der Waals surface area contributed by atoms with Crippen molar-refractivity contribution in [3.63, 3.8) is 0 Å². The Morgan fingerprint density at radius 3 is 2.78 bits per heavy atom. The first kappa shape index (κ1) is 16.0. The van der Waals surface area contributed by atoms with Crippen LogP contribution in [0, 0.1) is 0 Å². The van der Waals surface area contributed by atoms with Crippen LogP contribution in [-0.2, 0) is 0 Å². The number of hydrogen-bond donors (Lipinski definition) is 2. The molecule has 0 saturated heterocycles. The smallest absolute Gasteiger partial charge is 0.0963 e. The molecule has 3 nitrogen and oxygen atoms in total. The van der Waals surface area contributed by atoms with Gasteiger partial charge in [-0.25, -0.2) is 4.98 Å². The second kappa shape index (κ2) is 7.48. The minimum Gasteiger partial charge on any atom is -0.394 e. The summed E-state index contributed by atoms with van der Waals surface area (Å²) in [6, 6.07) is 4.01. The average Bonchev–Trinajstić information content (AvgIpc) is 2.32. The summed E-state index contributed by atoms with van der Waals surface area (Å²) >= 11 is 5.11. The van der Waals surface area contributed by atoms with Gasteiger partial charge in [-0.05, 0) is 48.0 Å². The lowest BCUT2D eigenvalue weighted by atomic mass is 9.97. The number of halogens is 1. The van der Waals surface area contributed by atoms with Crippen LogP contribution < -0.4 is 5.32 Å². The minimum absolute atomic E-state index is 0.152. The highest BCUT2D eigenvalue weighted by molar-refractivity contribution is 9.10. The molecule has 0 fully saturated rings. The number of aliphatic hydroxyl groups excluding tert-OH is 1. The van der Waals surface area contributed by atoms with E-state index in [1.54, 1.807) is 11.8 Å². The third-order valence-corrected chi connectivity index (χ3v) is 4.23. The molecule has 0 bridgehead atoms. The van der Waals surface area contributed by atoms with Gasteiger partial charge in [0, 0.05) is 21.5 Å². The van der Waals surface area contributed by atoms with Gasteiger partial charge in [0.15, 0.2) is 0 Å². The van der Waals surface area contributed by atoms with Crippen molar-refractivity contribution in [2.45, 2.75) is 43.0 Å². The van der Waals surface area contributed by atoms with E-state index >= 15 is 0 Å². The molecule has 0 aromatic carbocycles. The molecular formula is C13H21BrN2OS. The lowest BCUT2D eigenvalue weighted by Gasteiger charge is -2.30. The highest BCUT2D eigenvalue weighted by atomic mass is 79.9. The fourth-order valence-corrected chi connectivity index (χ4v) is 3.29. The number of nitrogens with zero attached hydrogens (tertiary/aromatic N) is 1. The summed E-state index contributed by atoms with van der Waals surface area (Å²) in [6.07, 6.45) is 2.71. The Balaban J connectivity index is 2.54. The molecule has 0 saturated carbocycles. The minimum atomic E-state index is -0.212. The molecule has 1 heterocycles. The van der Waals surface area contributed by atoms with Crippen LogP contribution in [0.4, 0.5) is 0 Å². The maximum atomic E-state index is 9.47. The molecule has 1 aromatic heterocycles. The molecule has 0 aliphatic rings. The van der Waals surface area contributed by atoms with Crippen molar-refractivity contribution in [1.29, 1.82) is 0 Å². The largest absolute Gasteiger partial charge is 0.394 e. The van der Waals surface area contributed by atoms with Gasteiger partial charge in [-0.1, -0.05) is 13.8 Å². The zero-order valence-corrected chi connectivity index (χ0v) is 13.5. The number of hydrogen-bond acceptors (Lipinski definition) is 4. The van der Waals surface area contributed by atoms with Crippen LogP contribution in [0.15, 0.2) is 27.8 Å². The topological polar surface area (TPSA) is 45.1 Å². The first-order valence-electron chi connectivity index (χ1n) is 6.13. The molecule has 0 aliphatic carbocycles. The molecule has 0 aliphatic heterocycles. The third-order valence-electron chi connectivity index (χ3n) is 2.71. The third kappa shape index (κ3) is 5.26. The van der Waals surface area contributed by atoms with Gasteiger partial charge < -0.3 is 10.4 Å². The van der Waals surface area contributed by atoms with Gasteiger partial charge in [0.05, 0.1) is 11.6 Å². The molecule has 2 atom stereocenters.